The molecule has 2 N–H and O–H groups in total. The molecule has 1 aliphatic heterocycles. The van der Waals surface area contributed by atoms with Gasteiger partial charge in [0.2, 0.25) is 0 Å². The number of carbonyl (C=O) groups is 1. The number of urea groups is 1. The fourth-order valence-corrected chi connectivity index (χ4v) is 1.71. The zero-order chi connectivity index (χ0) is 13.3. The van der Waals surface area contributed by atoms with E-state index < -0.39 is 23.8 Å². The van der Waals surface area contributed by atoms with Crippen molar-refractivity contribution in [2.45, 2.75) is 12.2 Å². The number of amides is 2. The topological polar surface area (TPSA) is 65.5 Å². The number of hydrogen-bond donors (Lipinski definition) is 2. The van der Waals surface area contributed by atoms with Crippen molar-refractivity contribution in [1.82, 2.24) is 10.3 Å². The van der Waals surface area contributed by atoms with Gasteiger partial charge in [-0.15, -0.1) is 0 Å². The van der Waals surface area contributed by atoms with Gasteiger partial charge in [0.25, 0.3) is 0 Å². The number of anilines is 1. The van der Waals surface area contributed by atoms with Crippen molar-refractivity contribution in [2.75, 3.05) is 18.1 Å². The standard InChI is InChI=1S/C10H10F3N3O2/c11-10(12,13)6-1-2-14-8(3-6)16-7(5-17)4-15-9(16)18/h1-3,7,17H,4-5H2,(H,15,18). The molecule has 8 heteroatoms. The van der Waals surface area contributed by atoms with E-state index >= 15 is 0 Å². The first-order chi connectivity index (χ1) is 8.43. The first-order valence-corrected chi connectivity index (χ1v) is 5.14. The van der Waals surface area contributed by atoms with E-state index in [9.17, 15) is 18.0 Å². The molecule has 2 rings (SSSR count). The smallest absolute Gasteiger partial charge is 0.394 e. The first-order valence-electron chi connectivity index (χ1n) is 5.14. The summed E-state index contributed by atoms with van der Waals surface area (Å²) >= 11 is 0. The van der Waals surface area contributed by atoms with E-state index in [1.54, 1.807) is 0 Å². The Morgan fingerprint density at radius 3 is 2.89 bits per heavy atom. The molecule has 1 aromatic rings. The lowest BCUT2D eigenvalue weighted by molar-refractivity contribution is -0.137. The highest BCUT2D eigenvalue weighted by Crippen LogP contribution is 2.31. The Balaban J connectivity index is 2.36. The van der Waals surface area contributed by atoms with E-state index in [4.69, 9.17) is 5.11 Å². The summed E-state index contributed by atoms with van der Waals surface area (Å²) in [6.45, 7) is -0.177. The normalized spacial score (nSPS) is 20.1. The van der Waals surface area contributed by atoms with Gasteiger partial charge in [-0.1, -0.05) is 0 Å². The van der Waals surface area contributed by atoms with Crippen molar-refractivity contribution in [2.24, 2.45) is 0 Å². The molecule has 0 spiro atoms. The molecule has 0 aliphatic carbocycles. The van der Waals surface area contributed by atoms with E-state index in [0.29, 0.717) is 0 Å². The Hall–Kier alpha value is -1.83. The highest BCUT2D eigenvalue weighted by molar-refractivity contribution is 5.94. The van der Waals surface area contributed by atoms with Gasteiger partial charge in [0.15, 0.2) is 0 Å². The number of aromatic nitrogens is 1. The largest absolute Gasteiger partial charge is 0.416 e. The monoisotopic (exact) mass is 261 g/mol. The van der Waals surface area contributed by atoms with Crippen LogP contribution in [0.25, 0.3) is 0 Å². The van der Waals surface area contributed by atoms with Gasteiger partial charge in [-0.05, 0) is 12.1 Å². The number of carbonyl (C=O) groups excluding carboxylic acids is 1. The molecular weight excluding hydrogens is 251 g/mol. The zero-order valence-electron chi connectivity index (χ0n) is 9.11. The van der Waals surface area contributed by atoms with Gasteiger partial charge in [0.05, 0.1) is 18.2 Å². The summed E-state index contributed by atoms with van der Waals surface area (Å²) < 4.78 is 37.6. The fourth-order valence-electron chi connectivity index (χ4n) is 1.71. The van der Waals surface area contributed by atoms with Crippen LogP contribution in [0.1, 0.15) is 5.56 Å². The van der Waals surface area contributed by atoms with Crippen molar-refractivity contribution in [3.05, 3.63) is 23.9 Å². The maximum atomic E-state index is 12.5. The molecule has 2 amide bonds. The van der Waals surface area contributed by atoms with Crippen LogP contribution in [0, 0.1) is 0 Å². The predicted molar refractivity (Wildman–Crippen MR) is 56.0 cm³/mol. The van der Waals surface area contributed by atoms with Crippen molar-refractivity contribution < 1.29 is 23.1 Å². The molecule has 0 radical (unpaired) electrons. The predicted octanol–water partition coefficient (Wildman–Crippen LogP) is 0.991. The third kappa shape index (κ3) is 2.23. The molecule has 1 atom stereocenters. The molecule has 1 aromatic heterocycles. The van der Waals surface area contributed by atoms with E-state index in [0.717, 1.165) is 23.2 Å². The molecule has 1 unspecified atom stereocenters. The number of aliphatic hydroxyl groups is 1. The van der Waals surface area contributed by atoms with Crippen LogP contribution in [-0.4, -0.2) is 35.3 Å². The molecule has 0 saturated carbocycles. The fraction of sp³-hybridized carbons (Fsp3) is 0.400. The minimum Gasteiger partial charge on any atom is -0.394 e. The Kier molecular flexibility index (Phi) is 3.12. The Morgan fingerprint density at radius 1 is 1.56 bits per heavy atom. The number of pyridine rings is 1. The summed E-state index contributed by atoms with van der Waals surface area (Å²) in [5, 5.41) is 11.5. The van der Waals surface area contributed by atoms with Crippen LogP contribution in [0.15, 0.2) is 18.3 Å². The molecule has 0 aromatic carbocycles. The van der Waals surface area contributed by atoms with E-state index in [1.165, 1.54) is 0 Å². The lowest BCUT2D eigenvalue weighted by Crippen LogP contribution is -2.37. The van der Waals surface area contributed by atoms with Crippen LogP contribution >= 0.6 is 0 Å². The maximum Gasteiger partial charge on any atom is 0.416 e. The zero-order valence-corrected chi connectivity index (χ0v) is 9.11. The van der Waals surface area contributed by atoms with E-state index in [2.05, 4.69) is 10.3 Å². The van der Waals surface area contributed by atoms with Crippen molar-refractivity contribution in [1.29, 1.82) is 0 Å². The second-order valence-electron chi connectivity index (χ2n) is 3.79. The number of alkyl halides is 3. The van der Waals surface area contributed by atoms with Crippen LogP contribution in [0.3, 0.4) is 0 Å². The molecule has 2 heterocycles. The third-order valence-electron chi connectivity index (χ3n) is 2.60. The number of rotatable bonds is 2. The van der Waals surface area contributed by atoms with Crippen LogP contribution in [0.5, 0.6) is 0 Å². The van der Waals surface area contributed by atoms with E-state index in [1.807, 2.05) is 0 Å². The van der Waals surface area contributed by atoms with E-state index in [-0.39, 0.29) is 19.0 Å². The molecule has 18 heavy (non-hydrogen) atoms. The quantitative estimate of drug-likeness (QED) is 0.834. The Bertz CT molecular complexity index is 464. The Morgan fingerprint density at radius 2 is 2.28 bits per heavy atom. The number of hydrogen-bond acceptors (Lipinski definition) is 3. The summed E-state index contributed by atoms with van der Waals surface area (Å²) in [6.07, 6.45) is -3.51. The highest BCUT2D eigenvalue weighted by atomic mass is 19.4. The summed E-state index contributed by atoms with van der Waals surface area (Å²) in [6, 6.07) is 0.438. The van der Waals surface area contributed by atoms with Crippen molar-refractivity contribution in [3.63, 3.8) is 0 Å². The number of nitrogens with one attached hydrogen (secondary N) is 1. The summed E-state index contributed by atoms with van der Waals surface area (Å²) in [4.78, 5) is 16.2. The molecule has 1 fully saturated rings. The second-order valence-corrected chi connectivity index (χ2v) is 3.79. The number of nitrogens with zero attached hydrogens (tertiary/aromatic N) is 2. The minimum atomic E-state index is -4.50. The van der Waals surface area contributed by atoms with Gasteiger partial charge < -0.3 is 10.4 Å². The van der Waals surface area contributed by atoms with Crippen LogP contribution in [0.4, 0.5) is 23.8 Å². The van der Waals surface area contributed by atoms with Gasteiger partial charge in [-0.3, -0.25) is 4.90 Å². The summed E-state index contributed by atoms with van der Waals surface area (Å²) in [5.41, 5.74) is -0.885. The van der Waals surface area contributed by atoms with Crippen LogP contribution in [-0.2, 0) is 6.18 Å². The average Bonchev–Trinajstić information content (AvgIpc) is 2.69. The molecule has 1 saturated heterocycles. The number of halogens is 3. The lowest BCUT2D eigenvalue weighted by atomic mass is 10.2. The first kappa shape index (κ1) is 12.6. The molecule has 0 bridgehead atoms. The van der Waals surface area contributed by atoms with Crippen molar-refractivity contribution in [3.8, 4) is 0 Å². The third-order valence-corrected chi connectivity index (χ3v) is 2.60. The maximum absolute atomic E-state index is 12.5. The molecular formula is C10H10F3N3O2. The molecule has 98 valence electrons. The average molecular weight is 261 g/mol. The molecule has 1 aliphatic rings. The summed E-state index contributed by atoms with van der Waals surface area (Å²) in [7, 11) is 0. The number of aliphatic hydroxyl groups excluding tert-OH is 1. The molecule has 5 nitrogen and oxygen atoms in total. The lowest BCUT2D eigenvalue weighted by Gasteiger charge is -2.20. The van der Waals surface area contributed by atoms with Crippen LogP contribution in [0.2, 0.25) is 0 Å². The summed E-state index contributed by atoms with van der Waals surface area (Å²) in [5.74, 6) is -0.126. The van der Waals surface area contributed by atoms with Crippen molar-refractivity contribution >= 4 is 11.8 Å². The van der Waals surface area contributed by atoms with Gasteiger partial charge in [-0.25, -0.2) is 9.78 Å². The van der Waals surface area contributed by atoms with Gasteiger partial charge in [0, 0.05) is 12.7 Å². The van der Waals surface area contributed by atoms with Gasteiger partial charge in [0.1, 0.15) is 5.82 Å². The van der Waals surface area contributed by atoms with Gasteiger partial charge in [-0.2, -0.15) is 13.2 Å². The second kappa shape index (κ2) is 4.45. The minimum absolute atomic E-state index is 0.126. The SMILES string of the molecule is O=C1NCC(CO)N1c1cc(C(F)(F)F)ccn1. The highest BCUT2D eigenvalue weighted by Gasteiger charge is 2.35. The van der Waals surface area contributed by atoms with Crippen LogP contribution < -0.4 is 10.2 Å². The Labute approximate surface area is 100 Å². The van der Waals surface area contributed by atoms with Gasteiger partial charge >= 0.3 is 12.2 Å².